The van der Waals surface area contributed by atoms with Crippen molar-refractivity contribution >= 4 is 11.9 Å². The number of carbonyl (C=O) groups excluding carboxylic acids is 1. The molecule has 0 aliphatic heterocycles. The predicted octanol–water partition coefficient (Wildman–Crippen LogP) is 2.39. The molecule has 0 bridgehead atoms. The Balaban J connectivity index is 5.06. The number of carboxylic acid groups (broad SMARTS) is 1. The van der Waals surface area contributed by atoms with Crippen LogP contribution in [-0.2, 0) is 14.3 Å². The highest BCUT2D eigenvalue weighted by molar-refractivity contribution is 5.90. The lowest BCUT2D eigenvalue weighted by molar-refractivity contribution is -0.319. The van der Waals surface area contributed by atoms with Gasteiger partial charge in [0.05, 0.1) is 0 Å². The van der Waals surface area contributed by atoms with Crippen LogP contribution in [0.1, 0.15) is 13.8 Å². The first-order chi connectivity index (χ1) is 8.39. The Morgan fingerprint density at radius 3 is 1.89 bits per heavy atom. The summed E-state index contributed by atoms with van der Waals surface area (Å²) < 4.78 is 66.6. The van der Waals surface area contributed by atoms with Crippen LogP contribution in [0.3, 0.4) is 0 Å². The van der Waals surface area contributed by atoms with Gasteiger partial charge in [-0.1, -0.05) is 13.8 Å². The maximum absolute atomic E-state index is 13.1. The number of alkyl halides is 5. The molecule has 0 radical (unpaired) electrons. The number of rotatable bonds is 5. The third kappa shape index (κ3) is 4.84. The standard InChI is InChI=1S/C10H11F5O4/c1-5(2)8(9(11,12)10(13,14)15)19-7(18)4-3-6(16)17/h3-5,8H,1-2H3,(H,16,17)/b4-3-. The van der Waals surface area contributed by atoms with Crippen molar-refractivity contribution in [2.75, 3.05) is 0 Å². The molecule has 0 spiro atoms. The first-order valence-electron chi connectivity index (χ1n) is 4.95. The van der Waals surface area contributed by atoms with Gasteiger partial charge in [0.15, 0.2) is 6.10 Å². The fraction of sp³-hybridized carbons (Fsp3) is 0.600. The molecule has 0 aromatic carbocycles. The Labute approximate surface area is 104 Å². The minimum atomic E-state index is -5.88. The lowest BCUT2D eigenvalue weighted by Gasteiger charge is -2.30. The number of esters is 1. The highest BCUT2D eigenvalue weighted by Crippen LogP contribution is 2.41. The molecule has 0 aliphatic carbocycles. The van der Waals surface area contributed by atoms with Crippen molar-refractivity contribution in [2.45, 2.75) is 32.1 Å². The van der Waals surface area contributed by atoms with Gasteiger partial charge in [-0.3, -0.25) is 0 Å². The third-order valence-corrected chi connectivity index (χ3v) is 1.95. The second kappa shape index (κ2) is 5.98. The van der Waals surface area contributed by atoms with Crippen molar-refractivity contribution in [2.24, 2.45) is 5.92 Å². The van der Waals surface area contributed by atoms with E-state index in [1.54, 1.807) is 0 Å². The largest absolute Gasteiger partial charge is 0.478 e. The first-order valence-corrected chi connectivity index (χ1v) is 4.95. The molecule has 0 aliphatic rings. The quantitative estimate of drug-likeness (QED) is 0.480. The van der Waals surface area contributed by atoms with Crippen LogP contribution in [0, 0.1) is 5.92 Å². The topological polar surface area (TPSA) is 63.6 Å². The number of halogens is 5. The van der Waals surface area contributed by atoms with E-state index in [1.807, 2.05) is 0 Å². The SMILES string of the molecule is CC(C)C(OC(=O)/C=C\C(=O)O)C(F)(F)C(F)(F)F. The van der Waals surface area contributed by atoms with Crippen LogP contribution in [0.2, 0.25) is 0 Å². The Kier molecular flexibility index (Phi) is 5.46. The van der Waals surface area contributed by atoms with Gasteiger partial charge in [0.2, 0.25) is 0 Å². The van der Waals surface area contributed by atoms with Crippen LogP contribution < -0.4 is 0 Å². The molecule has 19 heavy (non-hydrogen) atoms. The second-order valence-corrected chi connectivity index (χ2v) is 3.89. The normalized spacial score (nSPS) is 14.7. The summed E-state index contributed by atoms with van der Waals surface area (Å²) in [6.45, 7) is 2.02. The Hall–Kier alpha value is -1.67. The molecular formula is C10H11F5O4. The van der Waals surface area contributed by atoms with Gasteiger partial charge in [-0.05, 0) is 5.92 Å². The minimum Gasteiger partial charge on any atom is -0.478 e. The zero-order chi connectivity index (χ0) is 15.4. The number of aliphatic carboxylic acids is 1. The molecule has 1 N–H and O–H groups in total. The van der Waals surface area contributed by atoms with E-state index >= 15 is 0 Å². The third-order valence-electron chi connectivity index (χ3n) is 1.95. The fourth-order valence-corrected chi connectivity index (χ4v) is 1.09. The molecule has 0 saturated heterocycles. The number of carbonyl (C=O) groups is 2. The van der Waals surface area contributed by atoms with Gasteiger partial charge in [-0.25, -0.2) is 9.59 Å². The maximum atomic E-state index is 13.1. The molecule has 0 saturated carbocycles. The molecule has 1 atom stereocenters. The van der Waals surface area contributed by atoms with E-state index in [2.05, 4.69) is 4.74 Å². The highest BCUT2D eigenvalue weighted by atomic mass is 19.4. The van der Waals surface area contributed by atoms with E-state index in [4.69, 9.17) is 5.11 Å². The Bertz CT molecular complexity index is 373. The molecule has 9 heteroatoms. The highest BCUT2D eigenvalue weighted by Gasteiger charge is 2.64. The second-order valence-electron chi connectivity index (χ2n) is 3.89. The van der Waals surface area contributed by atoms with E-state index in [-0.39, 0.29) is 12.2 Å². The lowest BCUT2D eigenvalue weighted by atomic mass is 10.0. The molecule has 1 unspecified atom stereocenters. The van der Waals surface area contributed by atoms with Crippen molar-refractivity contribution in [3.63, 3.8) is 0 Å². The summed E-state index contributed by atoms with van der Waals surface area (Å²) in [5, 5.41) is 8.17. The van der Waals surface area contributed by atoms with Crippen LogP contribution in [0.25, 0.3) is 0 Å². The number of hydrogen-bond acceptors (Lipinski definition) is 3. The van der Waals surface area contributed by atoms with Crippen molar-refractivity contribution < 1.29 is 41.4 Å². The fourth-order valence-electron chi connectivity index (χ4n) is 1.09. The Morgan fingerprint density at radius 2 is 1.58 bits per heavy atom. The number of carboxylic acids is 1. The van der Waals surface area contributed by atoms with Gasteiger partial charge in [-0.15, -0.1) is 0 Å². The summed E-state index contributed by atoms with van der Waals surface area (Å²) in [4.78, 5) is 21.0. The van der Waals surface area contributed by atoms with Crippen LogP contribution >= 0.6 is 0 Å². The van der Waals surface area contributed by atoms with E-state index < -0.39 is 36.1 Å². The maximum Gasteiger partial charge on any atom is 0.457 e. The van der Waals surface area contributed by atoms with Crippen molar-refractivity contribution in [1.82, 2.24) is 0 Å². The molecule has 0 heterocycles. The number of hydrogen-bond donors (Lipinski definition) is 1. The van der Waals surface area contributed by atoms with Crippen LogP contribution in [0.4, 0.5) is 22.0 Å². The zero-order valence-electron chi connectivity index (χ0n) is 9.87. The molecular weight excluding hydrogens is 279 g/mol. The monoisotopic (exact) mass is 290 g/mol. The summed E-state index contributed by atoms with van der Waals surface area (Å²) in [6.07, 6.45) is -8.09. The molecule has 0 aromatic heterocycles. The van der Waals surface area contributed by atoms with Gasteiger partial charge in [0.1, 0.15) is 0 Å². The van der Waals surface area contributed by atoms with Gasteiger partial charge in [0, 0.05) is 12.2 Å². The van der Waals surface area contributed by atoms with Gasteiger partial charge < -0.3 is 9.84 Å². The zero-order valence-corrected chi connectivity index (χ0v) is 9.87. The summed E-state index contributed by atoms with van der Waals surface area (Å²) in [5.41, 5.74) is 0. The Morgan fingerprint density at radius 1 is 1.11 bits per heavy atom. The van der Waals surface area contributed by atoms with Gasteiger partial charge in [0.25, 0.3) is 0 Å². The van der Waals surface area contributed by atoms with E-state index in [1.165, 1.54) is 0 Å². The summed E-state index contributed by atoms with van der Waals surface area (Å²) in [6, 6.07) is 0. The van der Waals surface area contributed by atoms with Gasteiger partial charge >= 0.3 is 24.0 Å². The summed E-state index contributed by atoms with van der Waals surface area (Å²) in [5.74, 6) is -9.71. The van der Waals surface area contributed by atoms with Crippen LogP contribution in [-0.4, -0.2) is 35.2 Å². The predicted molar refractivity (Wildman–Crippen MR) is 52.5 cm³/mol. The number of ether oxygens (including phenoxy) is 1. The van der Waals surface area contributed by atoms with E-state index in [9.17, 15) is 31.5 Å². The molecule has 110 valence electrons. The van der Waals surface area contributed by atoms with Crippen LogP contribution in [0.15, 0.2) is 12.2 Å². The van der Waals surface area contributed by atoms with Crippen molar-refractivity contribution in [3.05, 3.63) is 12.2 Å². The summed E-state index contributed by atoms with van der Waals surface area (Å²) in [7, 11) is 0. The average molecular weight is 290 g/mol. The lowest BCUT2D eigenvalue weighted by Crippen LogP contribution is -2.51. The molecule has 0 aromatic rings. The molecule has 0 rings (SSSR count). The first kappa shape index (κ1) is 17.3. The van der Waals surface area contributed by atoms with E-state index in [0.29, 0.717) is 0 Å². The van der Waals surface area contributed by atoms with E-state index in [0.717, 1.165) is 13.8 Å². The van der Waals surface area contributed by atoms with Gasteiger partial charge in [-0.2, -0.15) is 22.0 Å². The minimum absolute atomic E-state index is 0.254. The van der Waals surface area contributed by atoms with Crippen molar-refractivity contribution in [1.29, 1.82) is 0 Å². The molecule has 0 fully saturated rings. The van der Waals surface area contributed by atoms with Crippen molar-refractivity contribution in [3.8, 4) is 0 Å². The average Bonchev–Trinajstić information content (AvgIpc) is 2.20. The van der Waals surface area contributed by atoms with Crippen LogP contribution in [0.5, 0.6) is 0 Å². The molecule has 4 nitrogen and oxygen atoms in total. The smallest absolute Gasteiger partial charge is 0.457 e. The summed E-state index contributed by atoms with van der Waals surface area (Å²) >= 11 is 0. The molecule has 0 amide bonds.